The molecule has 0 saturated carbocycles. The van der Waals surface area contributed by atoms with Crippen LogP contribution in [0.15, 0.2) is 65.1 Å². The number of rotatable bonds is 2. The number of imidazole rings is 1. The van der Waals surface area contributed by atoms with Crippen LogP contribution in [0.5, 0.6) is 0 Å². The van der Waals surface area contributed by atoms with E-state index < -0.39 is 0 Å². The van der Waals surface area contributed by atoms with Gasteiger partial charge in [-0.1, -0.05) is 24.3 Å². The number of fused-ring (bicyclic) bond motifs is 1. The molecule has 2 aromatic heterocycles. The lowest BCUT2D eigenvalue weighted by Gasteiger charge is -1.98. The van der Waals surface area contributed by atoms with Crippen molar-refractivity contribution in [1.82, 2.24) is 9.97 Å². The van der Waals surface area contributed by atoms with Crippen LogP contribution >= 0.6 is 0 Å². The molecule has 0 aliphatic heterocycles. The summed E-state index contributed by atoms with van der Waals surface area (Å²) in [5.41, 5.74) is 2.26. The van der Waals surface area contributed by atoms with Crippen LogP contribution in [0.2, 0.25) is 0 Å². The van der Waals surface area contributed by atoms with Crippen molar-refractivity contribution in [3.05, 3.63) is 66.5 Å². The number of nitrogens with zero attached hydrogens (tertiary/aromatic N) is 1. The highest BCUT2D eigenvalue weighted by Crippen LogP contribution is 2.29. The first-order chi connectivity index (χ1) is 10.3. The Morgan fingerprint density at radius 1 is 0.857 bits per heavy atom. The van der Waals surface area contributed by atoms with Gasteiger partial charge < -0.3 is 9.40 Å². The fraction of sp³-hybridized carbons (Fsp3) is 0. The van der Waals surface area contributed by atoms with Crippen molar-refractivity contribution >= 4 is 11.0 Å². The third-order valence-electron chi connectivity index (χ3n) is 3.37. The number of aromatic nitrogens is 2. The van der Waals surface area contributed by atoms with Crippen molar-refractivity contribution < 1.29 is 8.81 Å². The number of aromatic amines is 1. The molecule has 0 radical (unpaired) electrons. The molecule has 0 saturated heterocycles. The lowest BCUT2D eigenvalue weighted by molar-refractivity contribution is 0.578. The smallest absolute Gasteiger partial charge is 0.174 e. The first kappa shape index (κ1) is 11.9. The van der Waals surface area contributed by atoms with E-state index in [-0.39, 0.29) is 5.82 Å². The van der Waals surface area contributed by atoms with Gasteiger partial charge in [0.2, 0.25) is 0 Å². The van der Waals surface area contributed by atoms with Crippen LogP contribution in [0.3, 0.4) is 0 Å². The number of H-pyrrole nitrogens is 1. The Hall–Kier alpha value is -2.88. The Morgan fingerprint density at radius 3 is 2.48 bits per heavy atom. The Labute approximate surface area is 120 Å². The number of para-hydroxylation sites is 2. The SMILES string of the molecule is Fc1ccccc1-c1ccc(-c2nc3ccccc3[nH]2)o1. The summed E-state index contributed by atoms with van der Waals surface area (Å²) >= 11 is 0. The minimum atomic E-state index is -0.303. The Bertz CT molecular complexity index is 890. The Kier molecular flexibility index (Phi) is 2.60. The molecular formula is C17H11FN2O. The molecule has 0 fully saturated rings. The van der Waals surface area contributed by atoms with Crippen LogP contribution in [0.25, 0.3) is 33.9 Å². The summed E-state index contributed by atoms with van der Waals surface area (Å²) < 4.78 is 19.5. The topological polar surface area (TPSA) is 41.8 Å². The number of halogens is 1. The number of benzene rings is 2. The van der Waals surface area contributed by atoms with E-state index in [9.17, 15) is 4.39 Å². The maximum Gasteiger partial charge on any atom is 0.174 e. The average Bonchev–Trinajstić information content (AvgIpc) is 3.14. The van der Waals surface area contributed by atoms with Gasteiger partial charge >= 0.3 is 0 Å². The van der Waals surface area contributed by atoms with E-state index in [2.05, 4.69) is 9.97 Å². The molecule has 4 heteroatoms. The van der Waals surface area contributed by atoms with Gasteiger partial charge in [0.1, 0.15) is 11.6 Å². The van der Waals surface area contributed by atoms with Crippen LogP contribution < -0.4 is 0 Å². The minimum Gasteiger partial charge on any atom is -0.453 e. The summed E-state index contributed by atoms with van der Waals surface area (Å²) in [6.45, 7) is 0. The molecule has 2 aromatic carbocycles. The lowest BCUT2D eigenvalue weighted by Crippen LogP contribution is -1.80. The van der Waals surface area contributed by atoms with Crippen LogP contribution in [-0.4, -0.2) is 9.97 Å². The third kappa shape index (κ3) is 2.01. The van der Waals surface area contributed by atoms with E-state index in [0.717, 1.165) is 11.0 Å². The van der Waals surface area contributed by atoms with Gasteiger partial charge in [-0.15, -0.1) is 0 Å². The first-order valence-corrected chi connectivity index (χ1v) is 6.61. The predicted molar refractivity (Wildman–Crippen MR) is 79.2 cm³/mol. The number of hydrogen-bond acceptors (Lipinski definition) is 2. The predicted octanol–water partition coefficient (Wildman–Crippen LogP) is 4.63. The highest BCUT2D eigenvalue weighted by Gasteiger charge is 2.12. The molecule has 1 N–H and O–H groups in total. The van der Waals surface area contributed by atoms with E-state index >= 15 is 0 Å². The fourth-order valence-electron chi connectivity index (χ4n) is 2.34. The van der Waals surface area contributed by atoms with Crippen molar-refractivity contribution in [2.24, 2.45) is 0 Å². The second kappa shape index (κ2) is 4.59. The average molecular weight is 278 g/mol. The molecule has 2 heterocycles. The van der Waals surface area contributed by atoms with Gasteiger partial charge in [0.25, 0.3) is 0 Å². The molecule has 0 amide bonds. The molecule has 0 aliphatic carbocycles. The molecule has 0 aliphatic rings. The molecule has 102 valence electrons. The van der Waals surface area contributed by atoms with Gasteiger partial charge in [0.05, 0.1) is 16.6 Å². The van der Waals surface area contributed by atoms with Gasteiger partial charge in [0.15, 0.2) is 11.6 Å². The van der Waals surface area contributed by atoms with Crippen molar-refractivity contribution in [2.45, 2.75) is 0 Å². The highest BCUT2D eigenvalue weighted by atomic mass is 19.1. The van der Waals surface area contributed by atoms with Crippen molar-refractivity contribution in [3.63, 3.8) is 0 Å². The molecule has 0 spiro atoms. The minimum absolute atomic E-state index is 0.303. The van der Waals surface area contributed by atoms with Gasteiger partial charge in [-0.2, -0.15) is 0 Å². The quantitative estimate of drug-likeness (QED) is 0.581. The summed E-state index contributed by atoms with van der Waals surface area (Å²) in [7, 11) is 0. The summed E-state index contributed by atoms with van der Waals surface area (Å²) in [6.07, 6.45) is 0. The number of hydrogen-bond donors (Lipinski definition) is 1. The van der Waals surface area contributed by atoms with Crippen molar-refractivity contribution in [3.8, 4) is 22.9 Å². The fourth-order valence-corrected chi connectivity index (χ4v) is 2.34. The standard InChI is InChI=1S/C17H11FN2O/c18-12-6-2-1-5-11(12)15-9-10-16(21-15)17-19-13-7-3-4-8-14(13)20-17/h1-10H,(H,19,20). The van der Waals surface area contributed by atoms with Gasteiger partial charge in [-0.05, 0) is 36.4 Å². The van der Waals surface area contributed by atoms with E-state index in [1.807, 2.05) is 24.3 Å². The second-order valence-electron chi connectivity index (χ2n) is 4.75. The summed E-state index contributed by atoms with van der Waals surface area (Å²) in [6, 6.07) is 17.8. The first-order valence-electron chi connectivity index (χ1n) is 6.61. The van der Waals surface area contributed by atoms with E-state index in [4.69, 9.17) is 4.42 Å². The maximum atomic E-state index is 13.8. The molecule has 4 aromatic rings. The zero-order chi connectivity index (χ0) is 14.2. The zero-order valence-electron chi connectivity index (χ0n) is 11.0. The Morgan fingerprint density at radius 2 is 1.62 bits per heavy atom. The van der Waals surface area contributed by atoms with Gasteiger partial charge in [0, 0.05) is 0 Å². The van der Waals surface area contributed by atoms with Crippen LogP contribution in [0.1, 0.15) is 0 Å². The van der Waals surface area contributed by atoms with Gasteiger partial charge in [-0.25, -0.2) is 9.37 Å². The number of nitrogens with one attached hydrogen (secondary N) is 1. The van der Waals surface area contributed by atoms with E-state index in [1.165, 1.54) is 6.07 Å². The molecule has 3 nitrogen and oxygen atoms in total. The van der Waals surface area contributed by atoms with E-state index in [1.54, 1.807) is 30.3 Å². The molecule has 0 unspecified atom stereocenters. The maximum absolute atomic E-state index is 13.8. The molecule has 0 atom stereocenters. The highest BCUT2D eigenvalue weighted by molar-refractivity contribution is 5.78. The molecule has 0 bridgehead atoms. The zero-order valence-corrected chi connectivity index (χ0v) is 11.0. The van der Waals surface area contributed by atoms with Crippen molar-refractivity contribution in [1.29, 1.82) is 0 Å². The largest absolute Gasteiger partial charge is 0.453 e. The molecular weight excluding hydrogens is 267 g/mol. The normalized spacial score (nSPS) is 11.1. The van der Waals surface area contributed by atoms with Crippen LogP contribution in [-0.2, 0) is 0 Å². The monoisotopic (exact) mass is 278 g/mol. The summed E-state index contributed by atoms with van der Waals surface area (Å²) in [4.78, 5) is 7.66. The summed E-state index contributed by atoms with van der Waals surface area (Å²) in [5, 5.41) is 0. The lowest BCUT2D eigenvalue weighted by atomic mass is 10.1. The Balaban J connectivity index is 1.79. The van der Waals surface area contributed by atoms with Crippen molar-refractivity contribution in [2.75, 3.05) is 0 Å². The second-order valence-corrected chi connectivity index (χ2v) is 4.75. The molecule has 4 rings (SSSR count). The number of furan rings is 1. The van der Waals surface area contributed by atoms with Gasteiger partial charge in [-0.3, -0.25) is 0 Å². The summed E-state index contributed by atoms with van der Waals surface area (Å²) in [5.74, 6) is 1.41. The third-order valence-corrected chi connectivity index (χ3v) is 3.37. The van der Waals surface area contributed by atoms with Crippen LogP contribution in [0, 0.1) is 5.82 Å². The molecule has 21 heavy (non-hydrogen) atoms. The van der Waals surface area contributed by atoms with Crippen LogP contribution in [0.4, 0.5) is 4.39 Å². The van der Waals surface area contributed by atoms with E-state index in [0.29, 0.717) is 22.9 Å².